The van der Waals surface area contributed by atoms with Gasteiger partial charge in [-0.15, -0.1) is 0 Å². The van der Waals surface area contributed by atoms with Crippen LogP contribution in [-0.4, -0.2) is 40.1 Å². The third kappa shape index (κ3) is 2.64. The van der Waals surface area contributed by atoms with Crippen LogP contribution in [-0.2, 0) is 6.54 Å². The average Bonchev–Trinajstić information content (AvgIpc) is 2.80. The van der Waals surface area contributed by atoms with E-state index in [4.69, 9.17) is 0 Å². The van der Waals surface area contributed by atoms with Crippen LogP contribution in [0, 0.1) is 0 Å². The molecular formula is C14H25N3O. The van der Waals surface area contributed by atoms with Crippen LogP contribution in [0.5, 0.6) is 0 Å². The van der Waals surface area contributed by atoms with Crippen LogP contribution in [0.4, 0.5) is 0 Å². The van der Waals surface area contributed by atoms with E-state index in [9.17, 15) is 4.79 Å². The van der Waals surface area contributed by atoms with Gasteiger partial charge in [0.15, 0.2) is 5.78 Å². The summed E-state index contributed by atoms with van der Waals surface area (Å²) in [4.78, 5) is 14.7. The Balaban J connectivity index is 3.02. The number of rotatable bonds is 7. The minimum atomic E-state index is -0.403. The van der Waals surface area contributed by atoms with Crippen molar-refractivity contribution in [1.82, 2.24) is 14.7 Å². The maximum absolute atomic E-state index is 12.7. The topological polar surface area (TPSA) is 38.1 Å². The summed E-state index contributed by atoms with van der Waals surface area (Å²) in [7, 11) is 3.95. The number of hydrogen-bond acceptors (Lipinski definition) is 3. The number of aromatic nitrogens is 2. The zero-order valence-corrected chi connectivity index (χ0v) is 12.2. The minimum absolute atomic E-state index is 0.180. The van der Waals surface area contributed by atoms with Crippen LogP contribution in [0.2, 0.25) is 0 Å². The average molecular weight is 251 g/mol. The number of Topliss-reactive ketones (excluding diaryl/α,β-unsaturated/α-hetero) is 1. The Morgan fingerprint density at radius 2 is 1.94 bits per heavy atom. The minimum Gasteiger partial charge on any atom is -0.297 e. The van der Waals surface area contributed by atoms with Crippen LogP contribution in [0.3, 0.4) is 0 Å². The number of nitrogens with zero attached hydrogens (tertiary/aromatic N) is 3. The lowest BCUT2D eigenvalue weighted by Gasteiger charge is -2.36. The van der Waals surface area contributed by atoms with Crippen LogP contribution in [0.25, 0.3) is 0 Å². The predicted molar refractivity (Wildman–Crippen MR) is 73.8 cm³/mol. The molecule has 0 saturated carbocycles. The molecule has 0 saturated heterocycles. The number of hydrogen-bond donors (Lipinski definition) is 0. The summed E-state index contributed by atoms with van der Waals surface area (Å²) >= 11 is 0. The van der Waals surface area contributed by atoms with Crippen molar-refractivity contribution in [3.63, 3.8) is 0 Å². The van der Waals surface area contributed by atoms with E-state index in [-0.39, 0.29) is 5.78 Å². The van der Waals surface area contributed by atoms with Crippen molar-refractivity contribution in [2.75, 3.05) is 14.1 Å². The third-order valence-corrected chi connectivity index (χ3v) is 3.80. The molecule has 0 bridgehead atoms. The summed E-state index contributed by atoms with van der Waals surface area (Å²) < 4.78 is 1.85. The Labute approximate surface area is 110 Å². The lowest BCUT2D eigenvalue weighted by molar-refractivity contribution is 0.0656. The van der Waals surface area contributed by atoms with Crippen molar-refractivity contribution in [3.8, 4) is 0 Å². The van der Waals surface area contributed by atoms with E-state index in [1.165, 1.54) is 0 Å². The fourth-order valence-corrected chi connectivity index (χ4v) is 2.51. The Bertz CT molecular complexity index is 391. The molecule has 1 rings (SSSR count). The van der Waals surface area contributed by atoms with Gasteiger partial charge in [0.05, 0.1) is 17.3 Å². The van der Waals surface area contributed by atoms with Gasteiger partial charge in [-0.3, -0.25) is 14.4 Å². The highest BCUT2D eigenvalue weighted by molar-refractivity contribution is 6.02. The van der Waals surface area contributed by atoms with Gasteiger partial charge in [-0.1, -0.05) is 20.8 Å². The molecule has 0 aliphatic heterocycles. The molecule has 0 amide bonds. The molecule has 0 aliphatic rings. The van der Waals surface area contributed by atoms with Gasteiger partial charge < -0.3 is 0 Å². The summed E-state index contributed by atoms with van der Waals surface area (Å²) in [6, 6.07) is 0. The van der Waals surface area contributed by atoms with Gasteiger partial charge >= 0.3 is 0 Å². The van der Waals surface area contributed by atoms with Crippen molar-refractivity contribution < 1.29 is 4.79 Å². The molecule has 0 fully saturated rings. The van der Waals surface area contributed by atoms with E-state index in [0.717, 1.165) is 31.4 Å². The molecule has 0 spiro atoms. The smallest absolute Gasteiger partial charge is 0.186 e. The first-order valence-corrected chi connectivity index (χ1v) is 6.76. The second-order valence-corrected chi connectivity index (χ2v) is 4.95. The van der Waals surface area contributed by atoms with Crippen LogP contribution in [0.1, 0.15) is 50.4 Å². The third-order valence-electron chi connectivity index (χ3n) is 3.80. The summed E-state index contributed by atoms with van der Waals surface area (Å²) in [5.74, 6) is 0.180. The zero-order chi connectivity index (χ0) is 13.8. The molecule has 1 heterocycles. The number of ketones is 1. The molecule has 0 radical (unpaired) electrons. The number of aryl methyl sites for hydroxylation is 1. The summed E-state index contributed by atoms with van der Waals surface area (Å²) in [5, 5.41) is 4.25. The van der Waals surface area contributed by atoms with Gasteiger partial charge in [0.2, 0.25) is 0 Å². The molecule has 0 atom stereocenters. The lowest BCUT2D eigenvalue weighted by Crippen LogP contribution is -2.50. The van der Waals surface area contributed by atoms with E-state index in [1.54, 1.807) is 6.20 Å². The van der Waals surface area contributed by atoms with E-state index >= 15 is 0 Å². The molecule has 1 aromatic heterocycles. The van der Waals surface area contributed by atoms with Gasteiger partial charge in [-0.2, -0.15) is 5.10 Å². The monoisotopic (exact) mass is 251 g/mol. The van der Waals surface area contributed by atoms with Crippen molar-refractivity contribution in [2.24, 2.45) is 0 Å². The highest BCUT2D eigenvalue weighted by Crippen LogP contribution is 2.26. The summed E-state index contributed by atoms with van der Waals surface area (Å²) in [5.41, 5.74) is 0.320. The maximum atomic E-state index is 12.7. The quantitative estimate of drug-likeness (QED) is 0.699. The van der Waals surface area contributed by atoms with Gasteiger partial charge in [-0.25, -0.2) is 0 Å². The van der Waals surface area contributed by atoms with Gasteiger partial charge in [0.1, 0.15) is 0 Å². The Kier molecular flexibility index (Phi) is 5.08. The molecule has 0 N–H and O–H groups in total. The van der Waals surface area contributed by atoms with Crippen molar-refractivity contribution in [1.29, 1.82) is 0 Å². The Morgan fingerprint density at radius 3 is 2.39 bits per heavy atom. The van der Waals surface area contributed by atoms with E-state index < -0.39 is 5.54 Å². The van der Waals surface area contributed by atoms with Crippen molar-refractivity contribution in [3.05, 3.63) is 18.0 Å². The maximum Gasteiger partial charge on any atom is 0.186 e. The second-order valence-electron chi connectivity index (χ2n) is 4.95. The lowest BCUT2D eigenvalue weighted by atomic mass is 9.84. The first kappa shape index (κ1) is 14.9. The second kappa shape index (κ2) is 6.14. The first-order valence-electron chi connectivity index (χ1n) is 6.76. The first-order chi connectivity index (χ1) is 8.51. The van der Waals surface area contributed by atoms with Gasteiger partial charge in [0.25, 0.3) is 0 Å². The highest BCUT2D eigenvalue weighted by atomic mass is 16.1. The highest BCUT2D eigenvalue weighted by Gasteiger charge is 2.38. The summed E-state index contributed by atoms with van der Waals surface area (Å²) in [6.45, 7) is 7.10. The molecule has 0 aliphatic carbocycles. The van der Waals surface area contributed by atoms with Crippen molar-refractivity contribution in [2.45, 2.75) is 52.1 Å². The molecular weight excluding hydrogens is 226 g/mol. The zero-order valence-electron chi connectivity index (χ0n) is 12.2. The number of carbonyl (C=O) groups is 1. The van der Waals surface area contributed by atoms with Crippen LogP contribution in [0.15, 0.2) is 12.4 Å². The van der Waals surface area contributed by atoms with Crippen molar-refractivity contribution >= 4 is 5.78 Å². The molecule has 102 valence electrons. The Hall–Kier alpha value is -1.16. The standard InChI is InChI=1S/C14H25N3O/c1-6-9-17-11-12(10-15-17)13(18)14(7-2,8-3)16(4)5/h10-11H,6-9H2,1-5H3. The fraction of sp³-hybridized carbons (Fsp3) is 0.714. The fourth-order valence-electron chi connectivity index (χ4n) is 2.51. The van der Waals surface area contributed by atoms with E-state index in [2.05, 4.69) is 25.9 Å². The molecule has 0 aromatic carbocycles. The SMILES string of the molecule is CCCn1cc(C(=O)C(CC)(CC)N(C)C)cn1. The molecule has 0 unspecified atom stereocenters. The number of carbonyl (C=O) groups excluding carboxylic acids is 1. The van der Waals surface area contributed by atoms with Crippen LogP contribution < -0.4 is 0 Å². The molecule has 18 heavy (non-hydrogen) atoms. The Morgan fingerprint density at radius 1 is 1.33 bits per heavy atom. The van der Waals surface area contributed by atoms with E-state index in [0.29, 0.717) is 0 Å². The van der Waals surface area contributed by atoms with Gasteiger partial charge in [0, 0.05) is 12.7 Å². The largest absolute Gasteiger partial charge is 0.297 e. The molecule has 4 heteroatoms. The molecule has 4 nitrogen and oxygen atoms in total. The summed E-state index contributed by atoms with van der Waals surface area (Å²) in [6.07, 6.45) is 6.22. The van der Waals surface area contributed by atoms with E-state index in [1.807, 2.05) is 29.9 Å². The van der Waals surface area contributed by atoms with Crippen LogP contribution >= 0.6 is 0 Å². The van der Waals surface area contributed by atoms with Gasteiger partial charge in [-0.05, 0) is 33.4 Å². The molecule has 1 aromatic rings. The predicted octanol–water partition coefficient (Wildman–Crippen LogP) is 2.60. The normalized spacial score (nSPS) is 12.1. The number of likely N-dealkylation sites (N-methyl/N-ethyl adjacent to an activating group) is 1.